The average Bonchev–Trinajstić information content (AvgIpc) is 3.25. The summed E-state index contributed by atoms with van der Waals surface area (Å²) in [5.74, 6) is 2.74. The summed E-state index contributed by atoms with van der Waals surface area (Å²) in [4.78, 5) is 17.3. The highest BCUT2D eigenvalue weighted by Crippen LogP contribution is 2.38. The Bertz CT molecular complexity index is 1230. The zero-order chi connectivity index (χ0) is 23.7. The Morgan fingerprint density at radius 1 is 0.971 bits per heavy atom. The number of ether oxygens (including phenoxy) is 2. The van der Waals surface area contributed by atoms with Gasteiger partial charge in [-0.05, 0) is 50.0 Å². The van der Waals surface area contributed by atoms with Crippen molar-refractivity contribution in [2.75, 3.05) is 45.3 Å². The summed E-state index contributed by atoms with van der Waals surface area (Å²) < 4.78 is 17.3. The number of anilines is 1. The molecule has 0 unspecified atom stereocenters. The lowest BCUT2D eigenvalue weighted by atomic mass is 9.94. The predicted molar refractivity (Wildman–Crippen MR) is 135 cm³/mol. The standard InChI is InChI=1S/C28H32N2O4/c1-19(21-17-22-20-8-4-6-10-24(20)34-27(22)18-26(21)33-3)16-28(31)30-14-12-29(13-15-30)23-9-5-7-11-25(23)32-2/h5,7,9,11,16-18H,4,6,8,10,12-15H2,1-3H3/b19-16+. The quantitative estimate of drug-likeness (QED) is 0.497. The Hall–Kier alpha value is -3.41. The Kier molecular flexibility index (Phi) is 6.22. The highest BCUT2D eigenvalue weighted by molar-refractivity contribution is 5.97. The molecule has 34 heavy (non-hydrogen) atoms. The van der Waals surface area contributed by atoms with Crippen LogP contribution in [0.1, 0.15) is 36.7 Å². The number of aryl methyl sites for hydroxylation is 2. The number of benzene rings is 2. The monoisotopic (exact) mass is 460 g/mol. The van der Waals surface area contributed by atoms with E-state index in [0.717, 1.165) is 71.0 Å². The maximum absolute atomic E-state index is 13.1. The topological polar surface area (TPSA) is 55.2 Å². The minimum absolute atomic E-state index is 0.0357. The van der Waals surface area contributed by atoms with E-state index in [-0.39, 0.29) is 5.91 Å². The molecule has 2 aliphatic rings. The fourth-order valence-electron chi connectivity index (χ4n) is 5.18. The average molecular weight is 461 g/mol. The number of para-hydroxylation sites is 2. The number of rotatable bonds is 5. The Morgan fingerprint density at radius 2 is 1.71 bits per heavy atom. The molecule has 0 saturated carbocycles. The molecule has 3 aromatic rings. The van der Waals surface area contributed by atoms with Crippen molar-refractivity contribution in [3.8, 4) is 11.5 Å². The molecule has 6 nitrogen and oxygen atoms in total. The number of hydrogen-bond acceptors (Lipinski definition) is 5. The zero-order valence-electron chi connectivity index (χ0n) is 20.2. The Morgan fingerprint density at radius 3 is 2.47 bits per heavy atom. The second kappa shape index (κ2) is 9.45. The minimum atomic E-state index is 0.0357. The third-order valence-corrected chi connectivity index (χ3v) is 7.06. The maximum Gasteiger partial charge on any atom is 0.246 e. The van der Waals surface area contributed by atoms with Gasteiger partial charge < -0.3 is 23.7 Å². The van der Waals surface area contributed by atoms with Crippen molar-refractivity contribution in [1.29, 1.82) is 0 Å². The number of allylic oxidation sites excluding steroid dienone is 1. The maximum atomic E-state index is 13.1. The molecule has 2 heterocycles. The highest BCUT2D eigenvalue weighted by atomic mass is 16.5. The van der Waals surface area contributed by atoms with Crippen molar-refractivity contribution >= 4 is 28.1 Å². The number of fused-ring (bicyclic) bond motifs is 3. The summed E-state index contributed by atoms with van der Waals surface area (Å²) >= 11 is 0. The second-order valence-electron chi connectivity index (χ2n) is 9.07. The molecular weight excluding hydrogens is 428 g/mol. The van der Waals surface area contributed by atoms with Crippen LogP contribution >= 0.6 is 0 Å². The van der Waals surface area contributed by atoms with Gasteiger partial charge in [-0.25, -0.2) is 0 Å². The summed E-state index contributed by atoms with van der Waals surface area (Å²) in [7, 11) is 3.36. The van der Waals surface area contributed by atoms with Gasteiger partial charge in [0.2, 0.25) is 5.91 Å². The van der Waals surface area contributed by atoms with Gasteiger partial charge in [0.05, 0.1) is 19.9 Å². The van der Waals surface area contributed by atoms with E-state index in [1.165, 1.54) is 18.4 Å². The number of piperazine rings is 1. The number of amides is 1. The lowest BCUT2D eigenvalue weighted by molar-refractivity contribution is -0.126. The Balaban J connectivity index is 1.34. The normalized spacial score (nSPS) is 16.5. The fourth-order valence-corrected chi connectivity index (χ4v) is 5.18. The largest absolute Gasteiger partial charge is 0.496 e. The van der Waals surface area contributed by atoms with E-state index in [1.54, 1.807) is 20.3 Å². The van der Waals surface area contributed by atoms with E-state index in [9.17, 15) is 4.79 Å². The number of methoxy groups -OCH3 is 2. The van der Waals surface area contributed by atoms with E-state index in [4.69, 9.17) is 13.9 Å². The Labute approximate surface area is 200 Å². The molecule has 6 heteroatoms. The van der Waals surface area contributed by atoms with Crippen LogP contribution in [0.4, 0.5) is 5.69 Å². The molecule has 0 bridgehead atoms. The van der Waals surface area contributed by atoms with Gasteiger partial charge in [0.25, 0.3) is 0 Å². The predicted octanol–water partition coefficient (Wildman–Crippen LogP) is 5.08. The molecule has 0 N–H and O–H groups in total. The van der Waals surface area contributed by atoms with Crippen LogP contribution in [0.5, 0.6) is 11.5 Å². The van der Waals surface area contributed by atoms with Crippen LogP contribution in [-0.2, 0) is 17.6 Å². The van der Waals surface area contributed by atoms with Crippen LogP contribution < -0.4 is 14.4 Å². The first kappa shape index (κ1) is 22.4. The zero-order valence-corrected chi connectivity index (χ0v) is 20.2. The molecule has 1 saturated heterocycles. The van der Waals surface area contributed by atoms with Crippen LogP contribution in [0.15, 0.2) is 46.9 Å². The van der Waals surface area contributed by atoms with Crippen molar-refractivity contribution in [2.45, 2.75) is 32.6 Å². The van der Waals surface area contributed by atoms with Gasteiger partial charge >= 0.3 is 0 Å². The molecular formula is C28H32N2O4. The lowest BCUT2D eigenvalue weighted by Gasteiger charge is -2.36. The van der Waals surface area contributed by atoms with Crippen LogP contribution in [0.2, 0.25) is 0 Å². The molecule has 0 atom stereocenters. The summed E-state index contributed by atoms with van der Waals surface area (Å²) in [6.45, 7) is 4.88. The van der Waals surface area contributed by atoms with E-state index >= 15 is 0 Å². The fraction of sp³-hybridized carbons (Fsp3) is 0.393. The number of nitrogens with zero attached hydrogens (tertiary/aromatic N) is 2. The van der Waals surface area contributed by atoms with Gasteiger partial charge in [-0.2, -0.15) is 0 Å². The molecule has 1 aliphatic carbocycles. The van der Waals surface area contributed by atoms with Gasteiger partial charge in [0.15, 0.2) is 0 Å². The number of carbonyl (C=O) groups is 1. The summed E-state index contributed by atoms with van der Waals surface area (Å²) in [6.07, 6.45) is 6.16. The molecule has 178 valence electrons. The molecule has 1 fully saturated rings. The van der Waals surface area contributed by atoms with Gasteiger partial charge in [0.1, 0.15) is 22.8 Å². The molecule has 1 aliphatic heterocycles. The third kappa shape index (κ3) is 4.13. The second-order valence-corrected chi connectivity index (χ2v) is 9.07. The summed E-state index contributed by atoms with van der Waals surface area (Å²) in [5, 5.41) is 1.15. The third-order valence-electron chi connectivity index (χ3n) is 7.06. The number of carbonyl (C=O) groups excluding carboxylic acids is 1. The number of furan rings is 1. The highest BCUT2D eigenvalue weighted by Gasteiger charge is 2.23. The summed E-state index contributed by atoms with van der Waals surface area (Å²) in [5.41, 5.74) is 5.12. The van der Waals surface area contributed by atoms with Gasteiger partial charge in [-0.1, -0.05) is 12.1 Å². The van der Waals surface area contributed by atoms with Crippen LogP contribution in [-0.4, -0.2) is 51.2 Å². The lowest BCUT2D eigenvalue weighted by Crippen LogP contribution is -2.48. The first-order valence-electron chi connectivity index (χ1n) is 12.1. The minimum Gasteiger partial charge on any atom is -0.496 e. The van der Waals surface area contributed by atoms with E-state index in [1.807, 2.05) is 36.1 Å². The van der Waals surface area contributed by atoms with Crippen molar-refractivity contribution < 1.29 is 18.7 Å². The van der Waals surface area contributed by atoms with Crippen LogP contribution in [0.25, 0.3) is 16.5 Å². The van der Waals surface area contributed by atoms with Gasteiger partial charge in [-0.15, -0.1) is 0 Å². The van der Waals surface area contributed by atoms with Crippen LogP contribution in [0, 0.1) is 0 Å². The molecule has 1 aromatic heterocycles. The first-order valence-corrected chi connectivity index (χ1v) is 12.1. The van der Waals surface area contributed by atoms with Gasteiger partial charge in [0, 0.05) is 61.3 Å². The SMILES string of the molecule is COc1cc2oc3c(c2cc1/C(C)=C/C(=O)N1CCN(c2ccccc2OC)CC1)CCCC3. The van der Waals surface area contributed by atoms with E-state index in [0.29, 0.717) is 13.1 Å². The molecule has 2 aromatic carbocycles. The first-order chi connectivity index (χ1) is 16.6. The van der Waals surface area contributed by atoms with Gasteiger partial charge in [-0.3, -0.25) is 4.79 Å². The van der Waals surface area contributed by atoms with Crippen LogP contribution in [0.3, 0.4) is 0 Å². The van der Waals surface area contributed by atoms with Crippen molar-refractivity contribution in [3.63, 3.8) is 0 Å². The molecule has 5 rings (SSSR count). The van der Waals surface area contributed by atoms with Crippen molar-refractivity contribution in [3.05, 3.63) is 59.4 Å². The number of hydrogen-bond donors (Lipinski definition) is 0. The summed E-state index contributed by atoms with van der Waals surface area (Å²) in [6, 6.07) is 12.1. The van der Waals surface area contributed by atoms with Crippen molar-refractivity contribution in [1.82, 2.24) is 4.90 Å². The smallest absolute Gasteiger partial charge is 0.246 e. The molecule has 0 radical (unpaired) electrons. The molecule has 0 spiro atoms. The molecule has 1 amide bonds. The van der Waals surface area contributed by atoms with E-state index < -0.39 is 0 Å². The van der Waals surface area contributed by atoms with E-state index in [2.05, 4.69) is 17.0 Å². The van der Waals surface area contributed by atoms with Crippen molar-refractivity contribution in [2.24, 2.45) is 0 Å².